The van der Waals surface area contributed by atoms with Crippen LogP contribution in [-0.2, 0) is 0 Å². The number of nitrogens with zero attached hydrogens (tertiary/aromatic N) is 2. The summed E-state index contributed by atoms with van der Waals surface area (Å²) in [4.78, 5) is 20.7. The fourth-order valence-corrected chi connectivity index (χ4v) is 2.49. The van der Waals surface area contributed by atoms with Crippen LogP contribution >= 0.6 is 11.6 Å². The van der Waals surface area contributed by atoms with Crippen LogP contribution in [0.25, 0.3) is 11.4 Å². The van der Waals surface area contributed by atoms with Gasteiger partial charge in [0.2, 0.25) is 0 Å². The SMILES string of the molecule is CC(C)c1nc(-c2ccc(Cl)cc2)nc(NC2CC2)c1C(=O)O. The normalized spacial score (nSPS) is 14.1. The molecule has 23 heavy (non-hydrogen) atoms. The number of carboxylic acids is 1. The Morgan fingerprint density at radius 1 is 1.26 bits per heavy atom. The summed E-state index contributed by atoms with van der Waals surface area (Å²) < 4.78 is 0. The number of benzene rings is 1. The molecule has 1 aliphatic carbocycles. The molecule has 0 aliphatic heterocycles. The second-order valence-corrected chi connectivity index (χ2v) is 6.48. The van der Waals surface area contributed by atoms with Gasteiger partial charge in [-0.2, -0.15) is 0 Å². The van der Waals surface area contributed by atoms with Gasteiger partial charge in [0.25, 0.3) is 0 Å². The molecule has 0 saturated heterocycles. The molecule has 3 rings (SSSR count). The Kier molecular flexibility index (Phi) is 4.22. The van der Waals surface area contributed by atoms with E-state index in [0.29, 0.717) is 28.4 Å². The van der Waals surface area contributed by atoms with E-state index in [-0.39, 0.29) is 11.5 Å². The molecular weight excluding hydrogens is 314 g/mol. The number of halogens is 1. The van der Waals surface area contributed by atoms with Crippen molar-refractivity contribution in [2.24, 2.45) is 0 Å². The standard InChI is InChI=1S/C17H18ClN3O2/c1-9(2)14-13(17(22)23)16(19-12-7-8-12)21-15(20-14)10-3-5-11(18)6-4-10/h3-6,9,12H,7-8H2,1-2H3,(H,22,23)(H,19,20,21). The molecule has 0 amide bonds. The van der Waals surface area contributed by atoms with E-state index in [1.807, 2.05) is 26.0 Å². The summed E-state index contributed by atoms with van der Waals surface area (Å²) in [6, 6.07) is 7.52. The molecular formula is C17H18ClN3O2. The van der Waals surface area contributed by atoms with Crippen molar-refractivity contribution in [1.29, 1.82) is 0 Å². The van der Waals surface area contributed by atoms with E-state index in [0.717, 1.165) is 18.4 Å². The maximum Gasteiger partial charge on any atom is 0.341 e. The first kappa shape index (κ1) is 15.7. The summed E-state index contributed by atoms with van der Waals surface area (Å²) in [5.74, 6) is -0.100. The predicted octanol–water partition coefficient (Wildman–Crippen LogP) is 4.19. The number of aromatic nitrogens is 2. The van der Waals surface area contributed by atoms with Crippen LogP contribution in [0.2, 0.25) is 5.02 Å². The topological polar surface area (TPSA) is 75.1 Å². The Bertz CT molecular complexity index is 740. The van der Waals surface area contributed by atoms with E-state index >= 15 is 0 Å². The summed E-state index contributed by atoms with van der Waals surface area (Å²) >= 11 is 5.93. The summed E-state index contributed by atoms with van der Waals surface area (Å²) in [6.45, 7) is 3.86. The van der Waals surface area contributed by atoms with Crippen LogP contribution < -0.4 is 5.32 Å². The van der Waals surface area contributed by atoms with E-state index in [4.69, 9.17) is 11.6 Å². The lowest BCUT2D eigenvalue weighted by molar-refractivity contribution is 0.0695. The van der Waals surface area contributed by atoms with Gasteiger partial charge in [-0.05, 0) is 43.0 Å². The third-order valence-corrected chi connectivity index (χ3v) is 3.97. The Hall–Kier alpha value is -2.14. The zero-order valence-electron chi connectivity index (χ0n) is 13.0. The van der Waals surface area contributed by atoms with Gasteiger partial charge >= 0.3 is 5.97 Å². The third kappa shape index (κ3) is 3.45. The maximum absolute atomic E-state index is 11.7. The highest BCUT2D eigenvalue weighted by atomic mass is 35.5. The van der Waals surface area contributed by atoms with E-state index in [2.05, 4.69) is 15.3 Å². The zero-order chi connectivity index (χ0) is 16.6. The van der Waals surface area contributed by atoms with E-state index in [1.54, 1.807) is 12.1 Å². The highest BCUT2D eigenvalue weighted by molar-refractivity contribution is 6.30. The number of anilines is 1. The summed E-state index contributed by atoms with van der Waals surface area (Å²) in [7, 11) is 0. The predicted molar refractivity (Wildman–Crippen MR) is 90.2 cm³/mol. The fraction of sp³-hybridized carbons (Fsp3) is 0.353. The van der Waals surface area contributed by atoms with Crippen LogP contribution in [0.3, 0.4) is 0 Å². The van der Waals surface area contributed by atoms with Gasteiger partial charge < -0.3 is 10.4 Å². The van der Waals surface area contributed by atoms with Crippen LogP contribution in [0.5, 0.6) is 0 Å². The molecule has 2 aromatic rings. The number of hydrogen-bond donors (Lipinski definition) is 2. The Balaban J connectivity index is 2.14. The molecule has 0 unspecified atom stereocenters. The summed E-state index contributed by atoms with van der Waals surface area (Å²) in [5.41, 5.74) is 1.53. The molecule has 5 nitrogen and oxygen atoms in total. The van der Waals surface area contributed by atoms with Crippen LogP contribution in [0.1, 0.15) is 48.7 Å². The van der Waals surface area contributed by atoms with Gasteiger partial charge in [0.05, 0.1) is 5.69 Å². The largest absolute Gasteiger partial charge is 0.477 e. The van der Waals surface area contributed by atoms with E-state index in [9.17, 15) is 9.90 Å². The summed E-state index contributed by atoms with van der Waals surface area (Å²) in [6.07, 6.45) is 2.08. The van der Waals surface area contributed by atoms with Gasteiger partial charge in [-0.3, -0.25) is 0 Å². The quantitative estimate of drug-likeness (QED) is 0.859. The highest BCUT2D eigenvalue weighted by Gasteiger charge is 2.28. The molecule has 0 spiro atoms. The van der Waals surface area contributed by atoms with Crippen LogP contribution in [-0.4, -0.2) is 27.1 Å². The molecule has 6 heteroatoms. The van der Waals surface area contributed by atoms with Gasteiger partial charge in [0, 0.05) is 16.6 Å². The van der Waals surface area contributed by atoms with E-state index < -0.39 is 5.97 Å². The maximum atomic E-state index is 11.7. The van der Waals surface area contributed by atoms with Crippen molar-refractivity contribution >= 4 is 23.4 Å². The first-order valence-electron chi connectivity index (χ1n) is 7.63. The Labute approximate surface area is 139 Å². The van der Waals surface area contributed by atoms with Gasteiger partial charge in [-0.1, -0.05) is 25.4 Å². The molecule has 1 fully saturated rings. The van der Waals surface area contributed by atoms with Crippen LogP contribution in [0.4, 0.5) is 5.82 Å². The average Bonchev–Trinajstić information content (AvgIpc) is 3.30. The first-order chi connectivity index (χ1) is 11.0. The number of carboxylic acid groups (broad SMARTS) is 1. The molecule has 0 radical (unpaired) electrons. The van der Waals surface area contributed by atoms with Gasteiger partial charge in [0.1, 0.15) is 11.4 Å². The summed E-state index contributed by atoms with van der Waals surface area (Å²) in [5, 5.41) is 13.4. The monoisotopic (exact) mass is 331 g/mol. The fourth-order valence-electron chi connectivity index (χ4n) is 2.36. The molecule has 1 aromatic carbocycles. The number of rotatable bonds is 5. The minimum Gasteiger partial charge on any atom is -0.477 e. The smallest absolute Gasteiger partial charge is 0.341 e. The van der Waals surface area contributed by atoms with Gasteiger partial charge in [0.15, 0.2) is 5.82 Å². The lowest BCUT2D eigenvalue weighted by atomic mass is 10.0. The van der Waals surface area contributed by atoms with Crippen LogP contribution in [0, 0.1) is 0 Å². The van der Waals surface area contributed by atoms with Crippen molar-refractivity contribution in [3.05, 3.63) is 40.5 Å². The molecule has 1 aromatic heterocycles. The molecule has 1 heterocycles. The van der Waals surface area contributed by atoms with Gasteiger partial charge in [-0.25, -0.2) is 14.8 Å². The van der Waals surface area contributed by atoms with Crippen LogP contribution in [0.15, 0.2) is 24.3 Å². The molecule has 2 N–H and O–H groups in total. The second kappa shape index (κ2) is 6.16. The van der Waals surface area contributed by atoms with Crippen molar-refractivity contribution in [2.75, 3.05) is 5.32 Å². The van der Waals surface area contributed by atoms with Crippen molar-refractivity contribution in [2.45, 2.75) is 38.6 Å². The average molecular weight is 332 g/mol. The lowest BCUT2D eigenvalue weighted by Crippen LogP contribution is -2.16. The molecule has 0 bridgehead atoms. The van der Waals surface area contributed by atoms with E-state index in [1.165, 1.54) is 0 Å². The Morgan fingerprint density at radius 3 is 2.43 bits per heavy atom. The molecule has 0 atom stereocenters. The highest BCUT2D eigenvalue weighted by Crippen LogP contribution is 2.31. The Morgan fingerprint density at radius 2 is 1.91 bits per heavy atom. The van der Waals surface area contributed by atoms with Crippen molar-refractivity contribution in [3.63, 3.8) is 0 Å². The number of carbonyl (C=O) groups is 1. The first-order valence-corrected chi connectivity index (χ1v) is 8.01. The molecule has 1 aliphatic rings. The number of aromatic carboxylic acids is 1. The molecule has 120 valence electrons. The minimum absolute atomic E-state index is 0.0186. The van der Waals surface area contributed by atoms with Crippen molar-refractivity contribution in [1.82, 2.24) is 9.97 Å². The third-order valence-electron chi connectivity index (χ3n) is 3.72. The van der Waals surface area contributed by atoms with Crippen molar-refractivity contribution < 1.29 is 9.90 Å². The van der Waals surface area contributed by atoms with Gasteiger partial charge in [-0.15, -0.1) is 0 Å². The van der Waals surface area contributed by atoms with Crippen molar-refractivity contribution in [3.8, 4) is 11.4 Å². The minimum atomic E-state index is -1.00. The second-order valence-electron chi connectivity index (χ2n) is 6.04. The number of hydrogen-bond acceptors (Lipinski definition) is 4. The number of nitrogens with one attached hydrogen (secondary N) is 1. The lowest BCUT2D eigenvalue weighted by Gasteiger charge is -2.16. The molecule has 1 saturated carbocycles. The zero-order valence-corrected chi connectivity index (χ0v) is 13.8.